The standard InChI is InChI=1S/C8H9ClN2O2/c9-5-2-1-3-11-7(5)4-6(10)8(12)13/h1-3,6H,4,10H2,(H,12,13)/t6-/m1/s1. The van der Waals surface area contributed by atoms with Gasteiger partial charge in [-0.25, -0.2) is 0 Å². The summed E-state index contributed by atoms with van der Waals surface area (Å²) in [5.74, 6) is -1.05. The first-order valence-electron chi connectivity index (χ1n) is 3.69. The Kier molecular flexibility index (Phi) is 3.22. The zero-order chi connectivity index (χ0) is 9.84. The van der Waals surface area contributed by atoms with Crippen molar-refractivity contribution in [3.8, 4) is 0 Å². The smallest absolute Gasteiger partial charge is 0.320 e. The van der Waals surface area contributed by atoms with E-state index in [0.717, 1.165) is 0 Å². The summed E-state index contributed by atoms with van der Waals surface area (Å²) in [7, 11) is 0. The Morgan fingerprint density at radius 2 is 2.46 bits per heavy atom. The quantitative estimate of drug-likeness (QED) is 0.753. The molecule has 0 bridgehead atoms. The highest BCUT2D eigenvalue weighted by Gasteiger charge is 2.14. The molecule has 3 N–H and O–H groups in total. The van der Waals surface area contributed by atoms with Gasteiger partial charge < -0.3 is 10.8 Å². The monoisotopic (exact) mass is 200 g/mol. The fourth-order valence-corrected chi connectivity index (χ4v) is 1.06. The van der Waals surface area contributed by atoms with Gasteiger partial charge in [-0.15, -0.1) is 0 Å². The molecule has 0 fully saturated rings. The van der Waals surface area contributed by atoms with Gasteiger partial charge in [-0.3, -0.25) is 9.78 Å². The molecule has 5 heteroatoms. The number of aromatic nitrogens is 1. The minimum absolute atomic E-state index is 0.148. The van der Waals surface area contributed by atoms with Crippen molar-refractivity contribution in [1.29, 1.82) is 0 Å². The lowest BCUT2D eigenvalue weighted by molar-refractivity contribution is -0.138. The van der Waals surface area contributed by atoms with Gasteiger partial charge in [0.2, 0.25) is 0 Å². The van der Waals surface area contributed by atoms with Crippen LogP contribution in [0.1, 0.15) is 5.69 Å². The number of nitrogens with two attached hydrogens (primary N) is 1. The molecular weight excluding hydrogens is 192 g/mol. The Bertz CT molecular complexity index is 317. The van der Waals surface area contributed by atoms with Crippen LogP contribution in [0, 0.1) is 0 Å². The van der Waals surface area contributed by atoms with Gasteiger partial charge >= 0.3 is 5.97 Å². The molecule has 0 amide bonds. The summed E-state index contributed by atoms with van der Waals surface area (Å²) in [6.45, 7) is 0. The number of pyridine rings is 1. The zero-order valence-electron chi connectivity index (χ0n) is 6.77. The number of halogens is 1. The predicted octanol–water partition coefficient (Wildman–Crippen LogP) is 0.689. The van der Waals surface area contributed by atoms with Crippen molar-refractivity contribution in [2.24, 2.45) is 5.73 Å². The maximum atomic E-state index is 10.4. The lowest BCUT2D eigenvalue weighted by Crippen LogP contribution is -2.32. The Labute approximate surface area is 80.3 Å². The molecule has 0 saturated heterocycles. The van der Waals surface area contributed by atoms with Crippen LogP contribution in [0.2, 0.25) is 5.02 Å². The van der Waals surface area contributed by atoms with Crippen LogP contribution in [0.15, 0.2) is 18.3 Å². The van der Waals surface area contributed by atoms with Crippen LogP contribution in [0.3, 0.4) is 0 Å². The molecule has 70 valence electrons. The van der Waals surface area contributed by atoms with Crippen molar-refractivity contribution in [3.63, 3.8) is 0 Å². The molecule has 1 aromatic heterocycles. The first-order valence-corrected chi connectivity index (χ1v) is 4.07. The maximum absolute atomic E-state index is 10.4. The molecule has 0 unspecified atom stereocenters. The fraction of sp³-hybridized carbons (Fsp3) is 0.250. The second kappa shape index (κ2) is 4.20. The van der Waals surface area contributed by atoms with Crippen molar-refractivity contribution in [1.82, 2.24) is 4.98 Å². The van der Waals surface area contributed by atoms with Gasteiger partial charge in [0.05, 0.1) is 10.7 Å². The normalized spacial score (nSPS) is 12.5. The molecule has 13 heavy (non-hydrogen) atoms. The van der Waals surface area contributed by atoms with E-state index in [2.05, 4.69) is 4.98 Å². The Hall–Kier alpha value is -1.13. The van der Waals surface area contributed by atoms with Crippen molar-refractivity contribution in [2.75, 3.05) is 0 Å². The number of carboxylic acid groups (broad SMARTS) is 1. The molecule has 0 aliphatic heterocycles. The van der Waals surface area contributed by atoms with Crippen LogP contribution >= 0.6 is 11.6 Å². The zero-order valence-corrected chi connectivity index (χ0v) is 7.53. The molecule has 0 aliphatic rings. The van der Waals surface area contributed by atoms with Crippen molar-refractivity contribution >= 4 is 17.6 Å². The third kappa shape index (κ3) is 2.68. The first kappa shape index (κ1) is 9.95. The number of carboxylic acids is 1. The molecule has 1 rings (SSSR count). The van der Waals surface area contributed by atoms with Crippen LogP contribution in [0.5, 0.6) is 0 Å². The summed E-state index contributed by atoms with van der Waals surface area (Å²) < 4.78 is 0. The Morgan fingerprint density at radius 1 is 1.77 bits per heavy atom. The summed E-state index contributed by atoms with van der Waals surface area (Å²) in [6.07, 6.45) is 1.70. The second-order valence-electron chi connectivity index (χ2n) is 2.58. The van der Waals surface area contributed by atoms with Gasteiger partial charge in [0.15, 0.2) is 0 Å². The maximum Gasteiger partial charge on any atom is 0.320 e. The predicted molar refractivity (Wildman–Crippen MR) is 48.6 cm³/mol. The van der Waals surface area contributed by atoms with E-state index in [4.69, 9.17) is 22.4 Å². The van der Waals surface area contributed by atoms with E-state index >= 15 is 0 Å². The number of nitrogens with zero attached hydrogens (tertiary/aromatic N) is 1. The van der Waals surface area contributed by atoms with E-state index in [9.17, 15) is 4.79 Å². The van der Waals surface area contributed by atoms with Crippen LogP contribution in [0.4, 0.5) is 0 Å². The molecule has 1 aromatic rings. The van der Waals surface area contributed by atoms with Crippen LogP contribution < -0.4 is 5.73 Å². The minimum Gasteiger partial charge on any atom is -0.480 e. The van der Waals surface area contributed by atoms with Gasteiger partial charge in [-0.2, -0.15) is 0 Å². The van der Waals surface area contributed by atoms with Crippen molar-refractivity contribution < 1.29 is 9.90 Å². The summed E-state index contributed by atoms with van der Waals surface area (Å²) in [4.78, 5) is 14.3. The number of rotatable bonds is 3. The molecule has 1 heterocycles. The highest BCUT2D eigenvalue weighted by atomic mass is 35.5. The lowest BCUT2D eigenvalue weighted by atomic mass is 10.1. The summed E-state index contributed by atoms with van der Waals surface area (Å²) in [5, 5.41) is 8.98. The van der Waals surface area contributed by atoms with E-state index in [1.165, 1.54) is 0 Å². The van der Waals surface area contributed by atoms with Gasteiger partial charge in [0, 0.05) is 12.6 Å². The van der Waals surface area contributed by atoms with Gasteiger partial charge in [0.25, 0.3) is 0 Å². The molecule has 1 atom stereocenters. The van der Waals surface area contributed by atoms with Gasteiger partial charge in [0.1, 0.15) is 6.04 Å². The van der Waals surface area contributed by atoms with E-state index < -0.39 is 12.0 Å². The minimum atomic E-state index is -1.05. The summed E-state index contributed by atoms with van der Waals surface area (Å²) in [5.41, 5.74) is 5.83. The molecule has 0 aromatic carbocycles. The van der Waals surface area contributed by atoms with E-state index in [0.29, 0.717) is 10.7 Å². The van der Waals surface area contributed by atoms with Gasteiger partial charge in [-0.1, -0.05) is 11.6 Å². The molecular formula is C8H9ClN2O2. The first-order chi connectivity index (χ1) is 6.11. The van der Waals surface area contributed by atoms with Crippen molar-refractivity contribution in [3.05, 3.63) is 29.0 Å². The second-order valence-corrected chi connectivity index (χ2v) is 2.99. The molecule has 0 saturated carbocycles. The number of hydrogen-bond acceptors (Lipinski definition) is 3. The number of carbonyl (C=O) groups is 1. The summed E-state index contributed by atoms with van der Waals surface area (Å²) in [6, 6.07) is 2.38. The Morgan fingerprint density at radius 3 is 3.00 bits per heavy atom. The Balaban J connectivity index is 2.74. The third-order valence-corrected chi connectivity index (χ3v) is 1.91. The molecule has 0 aliphatic carbocycles. The van der Waals surface area contributed by atoms with Crippen molar-refractivity contribution in [2.45, 2.75) is 12.5 Å². The highest BCUT2D eigenvalue weighted by Crippen LogP contribution is 2.13. The van der Waals surface area contributed by atoms with Crippen LogP contribution in [-0.4, -0.2) is 22.1 Å². The van der Waals surface area contributed by atoms with Crippen LogP contribution in [-0.2, 0) is 11.2 Å². The average Bonchev–Trinajstić information content (AvgIpc) is 2.08. The average molecular weight is 201 g/mol. The van der Waals surface area contributed by atoms with E-state index in [1.54, 1.807) is 18.3 Å². The fourth-order valence-electron chi connectivity index (χ4n) is 0.864. The third-order valence-electron chi connectivity index (χ3n) is 1.57. The molecule has 4 nitrogen and oxygen atoms in total. The van der Waals surface area contributed by atoms with Gasteiger partial charge in [-0.05, 0) is 12.1 Å². The lowest BCUT2D eigenvalue weighted by Gasteiger charge is -2.06. The number of hydrogen-bond donors (Lipinski definition) is 2. The largest absolute Gasteiger partial charge is 0.480 e. The van der Waals surface area contributed by atoms with Crippen LogP contribution in [0.25, 0.3) is 0 Å². The summed E-state index contributed by atoms with van der Waals surface area (Å²) >= 11 is 5.76. The van der Waals surface area contributed by atoms with E-state index in [1.807, 2.05) is 0 Å². The topological polar surface area (TPSA) is 76.2 Å². The number of aliphatic carboxylic acids is 1. The highest BCUT2D eigenvalue weighted by molar-refractivity contribution is 6.31. The van der Waals surface area contributed by atoms with E-state index in [-0.39, 0.29) is 6.42 Å². The molecule has 0 radical (unpaired) electrons. The molecule has 0 spiro atoms. The SMILES string of the molecule is N[C@H](Cc1ncccc1Cl)C(=O)O.